The number of pyridine rings is 1. The molecule has 1 atom stereocenters. The fourth-order valence-corrected chi connectivity index (χ4v) is 2.62. The molecule has 1 unspecified atom stereocenters. The summed E-state index contributed by atoms with van der Waals surface area (Å²) in [7, 11) is 0. The summed E-state index contributed by atoms with van der Waals surface area (Å²) in [5.74, 6) is 0. The van der Waals surface area contributed by atoms with Crippen LogP contribution in [0.1, 0.15) is 18.5 Å². The van der Waals surface area contributed by atoms with Gasteiger partial charge in [0.25, 0.3) is 5.56 Å². The van der Waals surface area contributed by atoms with Crippen molar-refractivity contribution >= 4 is 39.1 Å². The number of nitrogens with zero attached hydrogens (tertiary/aromatic N) is 1. The number of hydrogen-bond acceptors (Lipinski definition) is 1. The predicted octanol–water partition coefficient (Wildman–Crippen LogP) is 4.53. The summed E-state index contributed by atoms with van der Waals surface area (Å²) >= 11 is 15.2. The van der Waals surface area contributed by atoms with Crippen LogP contribution in [0.4, 0.5) is 0 Å². The number of halogens is 3. The number of aromatic nitrogens is 1. The summed E-state index contributed by atoms with van der Waals surface area (Å²) in [6.07, 6.45) is 1.74. The fraction of sp³-hybridized carbons (Fsp3) is 0.154. The molecule has 18 heavy (non-hydrogen) atoms. The Morgan fingerprint density at radius 3 is 2.33 bits per heavy atom. The van der Waals surface area contributed by atoms with Crippen molar-refractivity contribution in [2.75, 3.05) is 0 Å². The summed E-state index contributed by atoms with van der Waals surface area (Å²) < 4.78 is 2.40. The van der Waals surface area contributed by atoms with Crippen LogP contribution in [-0.4, -0.2) is 4.57 Å². The normalized spacial score (nSPS) is 12.4. The molecule has 2 nitrogen and oxygen atoms in total. The first-order valence-corrected chi connectivity index (χ1v) is 6.86. The van der Waals surface area contributed by atoms with Crippen molar-refractivity contribution in [2.24, 2.45) is 0 Å². The largest absolute Gasteiger partial charge is 0.308 e. The van der Waals surface area contributed by atoms with Crippen molar-refractivity contribution in [3.05, 3.63) is 67.0 Å². The van der Waals surface area contributed by atoms with Gasteiger partial charge in [-0.05, 0) is 36.8 Å². The standard InChI is InChI=1S/C13H10BrCl2NO/c1-8(9-4-11(15)7-12(16)5-9)17-3-2-10(14)6-13(17)18/h2-8H,1H3. The second kappa shape index (κ2) is 5.47. The van der Waals surface area contributed by atoms with Crippen LogP contribution in [0.2, 0.25) is 10.0 Å². The highest BCUT2D eigenvalue weighted by molar-refractivity contribution is 9.10. The van der Waals surface area contributed by atoms with Crippen LogP contribution in [0.25, 0.3) is 0 Å². The Morgan fingerprint density at radius 2 is 1.78 bits per heavy atom. The van der Waals surface area contributed by atoms with Gasteiger partial charge in [-0.3, -0.25) is 4.79 Å². The van der Waals surface area contributed by atoms with Crippen LogP contribution >= 0.6 is 39.1 Å². The highest BCUT2D eigenvalue weighted by Gasteiger charge is 2.10. The van der Waals surface area contributed by atoms with Crippen molar-refractivity contribution < 1.29 is 0 Å². The van der Waals surface area contributed by atoms with E-state index >= 15 is 0 Å². The number of rotatable bonds is 2. The van der Waals surface area contributed by atoms with E-state index in [-0.39, 0.29) is 11.6 Å². The van der Waals surface area contributed by atoms with Gasteiger partial charge in [-0.25, -0.2) is 0 Å². The molecule has 0 N–H and O–H groups in total. The van der Waals surface area contributed by atoms with Gasteiger partial charge in [-0.1, -0.05) is 39.1 Å². The van der Waals surface area contributed by atoms with E-state index in [1.807, 2.05) is 25.1 Å². The highest BCUT2D eigenvalue weighted by atomic mass is 79.9. The Bertz CT molecular complexity index is 619. The first-order valence-electron chi connectivity index (χ1n) is 5.31. The van der Waals surface area contributed by atoms with Gasteiger partial charge in [0, 0.05) is 26.8 Å². The second-order valence-corrected chi connectivity index (χ2v) is 5.76. The lowest BCUT2D eigenvalue weighted by Gasteiger charge is -2.16. The van der Waals surface area contributed by atoms with E-state index in [4.69, 9.17) is 23.2 Å². The monoisotopic (exact) mass is 345 g/mol. The Labute approximate surface area is 123 Å². The molecule has 0 aliphatic carbocycles. The maximum atomic E-state index is 11.9. The maximum absolute atomic E-state index is 11.9. The zero-order valence-corrected chi connectivity index (χ0v) is 12.6. The molecule has 0 amide bonds. The molecule has 0 aliphatic heterocycles. The minimum Gasteiger partial charge on any atom is -0.308 e. The Morgan fingerprint density at radius 1 is 1.17 bits per heavy atom. The smallest absolute Gasteiger partial charge is 0.252 e. The average molecular weight is 347 g/mol. The van der Waals surface area contributed by atoms with Gasteiger partial charge in [0.2, 0.25) is 0 Å². The molecule has 94 valence electrons. The molecular formula is C13H10BrCl2NO. The molecule has 5 heteroatoms. The Hall–Kier alpha value is -0.770. The van der Waals surface area contributed by atoms with Crippen LogP contribution in [0.5, 0.6) is 0 Å². The Balaban J connectivity index is 2.47. The first-order chi connectivity index (χ1) is 8.47. The first kappa shape index (κ1) is 13.7. The van der Waals surface area contributed by atoms with Gasteiger partial charge < -0.3 is 4.57 Å². The molecule has 1 aromatic heterocycles. The molecule has 2 rings (SSSR count). The van der Waals surface area contributed by atoms with Crippen molar-refractivity contribution in [1.82, 2.24) is 4.57 Å². The van der Waals surface area contributed by atoms with Gasteiger partial charge in [0.15, 0.2) is 0 Å². The summed E-state index contributed by atoms with van der Waals surface area (Å²) in [4.78, 5) is 11.9. The molecule has 0 fully saturated rings. The lowest BCUT2D eigenvalue weighted by Crippen LogP contribution is -2.22. The summed E-state index contributed by atoms with van der Waals surface area (Å²) in [6.45, 7) is 1.93. The minimum atomic E-state index is -0.123. The molecule has 0 aliphatic rings. The van der Waals surface area contributed by atoms with Crippen LogP contribution in [0.3, 0.4) is 0 Å². The van der Waals surface area contributed by atoms with E-state index in [0.717, 1.165) is 10.0 Å². The third kappa shape index (κ3) is 2.97. The molecule has 2 aromatic rings. The maximum Gasteiger partial charge on any atom is 0.252 e. The molecule has 0 spiro atoms. The summed E-state index contributed by atoms with van der Waals surface area (Å²) in [6, 6.07) is 8.53. The van der Waals surface area contributed by atoms with Gasteiger partial charge in [-0.15, -0.1) is 0 Å². The van der Waals surface area contributed by atoms with Gasteiger partial charge in [0.05, 0.1) is 6.04 Å². The highest BCUT2D eigenvalue weighted by Crippen LogP contribution is 2.25. The quantitative estimate of drug-likeness (QED) is 0.783. The molecule has 0 bridgehead atoms. The lowest BCUT2D eigenvalue weighted by molar-refractivity contribution is 0.614. The average Bonchev–Trinajstić information content (AvgIpc) is 2.26. The van der Waals surface area contributed by atoms with Crippen LogP contribution < -0.4 is 5.56 Å². The molecule has 1 aromatic carbocycles. The molecular weight excluding hydrogens is 337 g/mol. The third-order valence-corrected chi connectivity index (χ3v) is 3.62. The van der Waals surface area contributed by atoms with Gasteiger partial charge in [0.1, 0.15) is 0 Å². The molecule has 0 radical (unpaired) electrons. The zero-order valence-electron chi connectivity index (χ0n) is 9.53. The molecule has 0 saturated carbocycles. The van der Waals surface area contributed by atoms with Crippen LogP contribution in [-0.2, 0) is 0 Å². The summed E-state index contributed by atoms with van der Waals surface area (Å²) in [5.41, 5.74) is 0.824. The van der Waals surface area contributed by atoms with Crippen molar-refractivity contribution in [2.45, 2.75) is 13.0 Å². The topological polar surface area (TPSA) is 22.0 Å². The van der Waals surface area contributed by atoms with Gasteiger partial charge >= 0.3 is 0 Å². The van der Waals surface area contributed by atoms with Crippen molar-refractivity contribution in [3.8, 4) is 0 Å². The van der Waals surface area contributed by atoms with E-state index in [9.17, 15) is 4.79 Å². The van der Waals surface area contributed by atoms with Crippen LogP contribution in [0.15, 0.2) is 45.8 Å². The molecule has 0 saturated heterocycles. The van der Waals surface area contributed by atoms with E-state index in [1.165, 1.54) is 6.07 Å². The summed E-state index contributed by atoms with van der Waals surface area (Å²) in [5, 5.41) is 1.13. The fourth-order valence-electron chi connectivity index (χ4n) is 1.76. The van der Waals surface area contributed by atoms with E-state index in [2.05, 4.69) is 15.9 Å². The van der Waals surface area contributed by atoms with Crippen molar-refractivity contribution in [1.29, 1.82) is 0 Å². The Kier molecular flexibility index (Phi) is 4.15. The molecule has 1 heterocycles. The second-order valence-electron chi connectivity index (χ2n) is 3.97. The predicted molar refractivity (Wildman–Crippen MR) is 78.7 cm³/mol. The van der Waals surface area contributed by atoms with Crippen LogP contribution in [0, 0.1) is 0 Å². The minimum absolute atomic E-state index is 0.0760. The third-order valence-electron chi connectivity index (χ3n) is 2.69. The van der Waals surface area contributed by atoms with E-state index in [0.29, 0.717) is 10.0 Å². The van der Waals surface area contributed by atoms with E-state index < -0.39 is 0 Å². The zero-order chi connectivity index (χ0) is 13.3. The number of hydrogen-bond donors (Lipinski definition) is 0. The lowest BCUT2D eigenvalue weighted by atomic mass is 10.1. The van der Waals surface area contributed by atoms with Crippen molar-refractivity contribution in [3.63, 3.8) is 0 Å². The SMILES string of the molecule is CC(c1cc(Cl)cc(Cl)c1)n1ccc(Br)cc1=O. The van der Waals surface area contributed by atoms with Gasteiger partial charge in [-0.2, -0.15) is 0 Å². The number of benzene rings is 1. The van der Waals surface area contributed by atoms with E-state index in [1.54, 1.807) is 16.8 Å².